The van der Waals surface area contributed by atoms with Gasteiger partial charge in [0.25, 0.3) is 0 Å². The van der Waals surface area contributed by atoms with E-state index in [2.05, 4.69) is 5.32 Å². The van der Waals surface area contributed by atoms with Crippen molar-refractivity contribution in [2.24, 2.45) is 0 Å². The van der Waals surface area contributed by atoms with E-state index in [1.807, 2.05) is 33.9 Å². The summed E-state index contributed by atoms with van der Waals surface area (Å²) in [7, 11) is 0.508. The van der Waals surface area contributed by atoms with Crippen LogP contribution in [-0.2, 0) is 23.1 Å². The smallest absolute Gasteiger partial charge is 0.407 e. The van der Waals surface area contributed by atoms with E-state index in [9.17, 15) is 9.59 Å². The Morgan fingerprint density at radius 1 is 0.939 bits per heavy atom. The summed E-state index contributed by atoms with van der Waals surface area (Å²) in [5.74, 6) is -0.107. The second kappa shape index (κ2) is 12.1. The Kier molecular flexibility index (Phi) is 10.7. The van der Waals surface area contributed by atoms with Gasteiger partial charge in [0, 0.05) is 38.3 Å². The van der Waals surface area contributed by atoms with E-state index in [4.69, 9.17) is 23.1 Å². The third-order valence-electron chi connectivity index (χ3n) is 4.22. The molecule has 0 bridgehead atoms. The van der Waals surface area contributed by atoms with Gasteiger partial charge in [-0.2, -0.15) is 0 Å². The maximum atomic E-state index is 13.0. The van der Waals surface area contributed by atoms with E-state index in [1.165, 1.54) is 0 Å². The molecule has 0 spiro atoms. The van der Waals surface area contributed by atoms with Crippen LogP contribution in [-0.4, -0.2) is 58.5 Å². The van der Waals surface area contributed by atoms with Crippen molar-refractivity contribution >= 4 is 20.4 Å². The Morgan fingerprint density at radius 3 is 1.94 bits per heavy atom. The van der Waals surface area contributed by atoms with Crippen molar-refractivity contribution in [3.8, 4) is 0 Å². The fourth-order valence-corrected chi connectivity index (χ4v) is 5.84. The van der Waals surface area contributed by atoms with E-state index >= 15 is 0 Å². The Balaban J connectivity index is 2.95. The van der Waals surface area contributed by atoms with Crippen molar-refractivity contribution in [3.05, 3.63) is 35.4 Å². The number of carbonyl (C=O) groups is 2. The van der Waals surface area contributed by atoms with Crippen LogP contribution >= 0.6 is 0 Å². The third kappa shape index (κ3) is 11.8. The van der Waals surface area contributed by atoms with Crippen LogP contribution in [0.5, 0.6) is 0 Å². The standard InChI is InChI=1S/C24H41NO7Si/c1-23(2,3)30-22(27)25-16-19(31-33(9,10)32-24(4,5)6)15-20(26)17-11-13-18(14-12-17)21(28-7)29-8/h11-14,19,21H,15-16H2,1-10H3,(H,25,27)/t19-/m1/s1. The summed E-state index contributed by atoms with van der Waals surface area (Å²) < 4.78 is 28.2. The third-order valence-corrected chi connectivity index (χ3v) is 6.23. The second-order valence-electron chi connectivity index (χ2n) is 10.3. The van der Waals surface area contributed by atoms with Gasteiger partial charge in [0.2, 0.25) is 0 Å². The maximum absolute atomic E-state index is 13.0. The van der Waals surface area contributed by atoms with Crippen molar-refractivity contribution in [1.29, 1.82) is 0 Å². The van der Waals surface area contributed by atoms with Gasteiger partial charge < -0.3 is 28.4 Å². The van der Waals surface area contributed by atoms with Gasteiger partial charge in [-0.3, -0.25) is 4.79 Å². The molecule has 1 atom stereocenters. The Bertz CT molecular complexity index is 763. The lowest BCUT2D eigenvalue weighted by atomic mass is 10.0. The molecule has 33 heavy (non-hydrogen) atoms. The summed E-state index contributed by atoms with van der Waals surface area (Å²) in [6.45, 7) is 15.2. The number of hydrogen-bond donors (Lipinski definition) is 1. The minimum absolute atomic E-state index is 0.0804. The summed E-state index contributed by atoms with van der Waals surface area (Å²) in [5.41, 5.74) is 0.330. The van der Waals surface area contributed by atoms with Gasteiger partial charge in [0.1, 0.15) is 5.60 Å². The molecule has 1 aromatic carbocycles. The topological polar surface area (TPSA) is 92.3 Å². The average molecular weight is 484 g/mol. The molecular weight excluding hydrogens is 442 g/mol. The van der Waals surface area contributed by atoms with Gasteiger partial charge in [-0.05, 0) is 54.6 Å². The lowest BCUT2D eigenvalue weighted by molar-refractivity contribution is -0.106. The Hall–Kier alpha value is -1.78. The molecule has 0 fully saturated rings. The van der Waals surface area contributed by atoms with Crippen LogP contribution in [0, 0.1) is 0 Å². The van der Waals surface area contributed by atoms with Gasteiger partial charge in [0.15, 0.2) is 12.1 Å². The highest BCUT2D eigenvalue weighted by atomic mass is 28.4. The molecule has 9 heteroatoms. The van der Waals surface area contributed by atoms with Crippen LogP contribution in [0.3, 0.4) is 0 Å². The monoisotopic (exact) mass is 483 g/mol. The van der Waals surface area contributed by atoms with E-state index < -0.39 is 38.3 Å². The molecule has 0 radical (unpaired) electrons. The predicted octanol–water partition coefficient (Wildman–Crippen LogP) is 4.98. The molecule has 0 aliphatic heterocycles. The maximum Gasteiger partial charge on any atom is 0.407 e. The average Bonchev–Trinajstić information content (AvgIpc) is 2.64. The van der Waals surface area contributed by atoms with E-state index in [0.717, 1.165) is 5.56 Å². The van der Waals surface area contributed by atoms with E-state index in [1.54, 1.807) is 59.3 Å². The van der Waals surface area contributed by atoms with Crippen LogP contribution in [0.1, 0.15) is 70.2 Å². The molecule has 0 saturated heterocycles. The SMILES string of the molecule is COC(OC)c1ccc(C(=O)C[C@H](CNC(=O)OC(C)(C)C)O[Si](C)(C)OC(C)(C)C)cc1. The van der Waals surface area contributed by atoms with Gasteiger partial charge in [0.05, 0.1) is 11.7 Å². The van der Waals surface area contributed by atoms with E-state index in [0.29, 0.717) is 5.56 Å². The molecule has 0 heterocycles. The molecule has 188 valence electrons. The van der Waals surface area contributed by atoms with Gasteiger partial charge in [-0.15, -0.1) is 0 Å². The quantitative estimate of drug-likeness (QED) is 0.270. The number of methoxy groups -OCH3 is 2. The summed E-state index contributed by atoms with van der Waals surface area (Å²) in [5, 5.41) is 2.72. The normalized spacial score (nSPS) is 13.7. The van der Waals surface area contributed by atoms with Gasteiger partial charge in [-0.25, -0.2) is 4.79 Å². The molecule has 1 rings (SSSR count). The Morgan fingerprint density at radius 2 is 1.48 bits per heavy atom. The van der Waals surface area contributed by atoms with Crippen molar-refractivity contribution in [3.63, 3.8) is 0 Å². The summed E-state index contributed by atoms with van der Waals surface area (Å²) in [4.78, 5) is 25.2. The number of hydrogen-bond acceptors (Lipinski definition) is 7. The number of nitrogens with one attached hydrogen (secondary N) is 1. The number of ketones is 1. The van der Waals surface area contributed by atoms with Crippen molar-refractivity contribution in [1.82, 2.24) is 5.32 Å². The molecule has 1 N–H and O–H groups in total. The molecule has 8 nitrogen and oxygen atoms in total. The number of rotatable bonds is 11. The first kappa shape index (κ1) is 29.2. The summed E-state index contributed by atoms with van der Waals surface area (Å²) >= 11 is 0. The minimum Gasteiger partial charge on any atom is -0.444 e. The van der Waals surface area contributed by atoms with Crippen LogP contribution < -0.4 is 5.32 Å². The molecule has 0 aliphatic carbocycles. The first-order valence-corrected chi connectivity index (χ1v) is 13.9. The second-order valence-corrected chi connectivity index (χ2v) is 13.5. The number of benzene rings is 1. The van der Waals surface area contributed by atoms with Crippen LogP contribution in [0.2, 0.25) is 13.1 Å². The van der Waals surface area contributed by atoms with Gasteiger partial charge in [-0.1, -0.05) is 24.3 Å². The van der Waals surface area contributed by atoms with Crippen molar-refractivity contribution in [2.75, 3.05) is 20.8 Å². The number of Topliss-reactive ketones (excluding diaryl/α,β-unsaturated/α-hetero) is 1. The molecule has 1 amide bonds. The van der Waals surface area contributed by atoms with E-state index in [-0.39, 0.29) is 18.7 Å². The molecule has 0 aromatic heterocycles. The zero-order valence-corrected chi connectivity index (χ0v) is 22.7. The largest absolute Gasteiger partial charge is 0.444 e. The number of alkyl carbamates (subject to hydrolysis) is 1. The first-order chi connectivity index (χ1) is 15.0. The first-order valence-electron chi connectivity index (χ1n) is 11.1. The van der Waals surface area contributed by atoms with Crippen LogP contribution in [0.4, 0.5) is 4.79 Å². The summed E-state index contributed by atoms with van der Waals surface area (Å²) in [6.07, 6.45) is -1.55. The highest BCUT2D eigenvalue weighted by Gasteiger charge is 2.34. The summed E-state index contributed by atoms with van der Waals surface area (Å²) in [6, 6.07) is 7.05. The minimum atomic E-state index is -2.60. The highest BCUT2D eigenvalue weighted by molar-refractivity contribution is 6.64. The van der Waals surface area contributed by atoms with Crippen molar-refractivity contribution < 1.29 is 32.7 Å². The number of ether oxygens (including phenoxy) is 3. The molecule has 0 unspecified atom stereocenters. The molecular formula is C24H41NO7Si. The fraction of sp³-hybridized carbons (Fsp3) is 0.667. The molecule has 0 aliphatic rings. The lowest BCUT2D eigenvalue weighted by Gasteiger charge is -2.34. The lowest BCUT2D eigenvalue weighted by Crippen LogP contribution is -2.48. The predicted molar refractivity (Wildman–Crippen MR) is 130 cm³/mol. The zero-order valence-electron chi connectivity index (χ0n) is 21.7. The van der Waals surface area contributed by atoms with Gasteiger partial charge >= 0.3 is 14.7 Å². The number of amides is 1. The molecule has 0 saturated carbocycles. The highest BCUT2D eigenvalue weighted by Crippen LogP contribution is 2.22. The number of carbonyl (C=O) groups excluding carboxylic acids is 2. The van der Waals surface area contributed by atoms with Crippen LogP contribution in [0.15, 0.2) is 24.3 Å². The van der Waals surface area contributed by atoms with Crippen molar-refractivity contribution in [2.45, 2.75) is 84.7 Å². The molecule has 1 aromatic rings. The Labute approximate surface area is 199 Å². The fourth-order valence-electron chi connectivity index (χ4n) is 3.35. The van der Waals surface area contributed by atoms with Crippen LogP contribution in [0.25, 0.3) is 0 Å². The zero-order chi connectivity index (χ0) is 25.4.